The van der Waals surface area contributed by atoms with Crippen LogP contribution in [0.25, 0.3) is 0 Å². The van der Waals surface area contributed by atoms with E-state index in [1.54, 1.807) is 0 Å². The first-order valence-corrected chi connectivity index (χ1v) is 6.36. The van der Waals surface area contributed by atoms with Crippen LogP contribution in [-0.2, 0) is 0 Å². The molecule has 0 aromatic carbocycles. The minimum Gasteiger partial charge on any atom is -0.392 e. The largest absolute Gasteiger partial charge is 0.392 e. The van der Waals surface area contributed by atoms with Crippen molar-refractivity contribution in [2.75, 3.05) is 6.54 Å². The minimum atomic E-state index is -0.106. The summed E-state index contributed by atoms with van der Waals surface area (Å²) in [5, 5.41) is 13.1. The highest BCUT2D eigenvalue weighted by molar-refractivity contribution is 5.01. The van der Waals surface area contributed by atoms with Crippen molar-refractivity contribution in [2.45, 2.75) is 65.5 Å². The molecule has 1 aliphatic carbocycles. The van der Waals surface area contributed by atoms with E-state index < -0.39 is 0 Å². The molecule has 0 saturated heterocycles. The van der Waals surface area contributed by atoms with Crippen LogP contribution in [0.5, 0.6) is 0 Å². The van der Waals surface area contributed by atoms with Crippen molar-refractivity contribution in [3.05, 3.63) is 0 Å². The van der Waals surface area contributed by atoms with E-state index in [1.807, 2.05) is 0 Å². The van der Waals surface area contributed by atoms with E-state index in [1.165, 1.54) is 19.3 Å². The average molecular weight is 213 g/mol. The number of unbranched alkanes of at least 4 members (excludes halogenated alkanes) is 1. The van der Waals surface area contributed by atoms with Crippen LogP contribution in [0.15, 0.2) is 0 Å². The summed E-state index contributed by atoms with van der Waals surface area (Å²) < 4.78 is 0. The number of rotatable bonds is 6. The molecule has 0 amide bonds. The van der Waals surface area contributed by atoms with Crippen molar-refractivity contribution in [3.63, 3.8) is 0 Å². The lowest BCUT2D eigenvalue weighted by molar-refractivity contribution is -0.0722. The molecule has 0 spiro atoms. The van der Waals surface area contributed by atoms with Crippen LogP contribution in [0.2, 0.25) is 0 Å². The molecule has 90 valence electrons. The number of hydrogen-bond acceptors (Lipinski definition) is 2. The summed E-state index contributed by atoms with van der Waals surface area (Å²) in [6.45, 7) is 9.95. The highest BCUT2D eigenvalue weighted by atomic mass is 16.3. The molecule has 2 nitrogen and oxygen atoms in total. The lowest BCUT2D eigenvalue weighted by atomic mass is 9.64. The predicted octanol–water partition coefficient (Wildman–Crippen LogP) is 2.56. The predicted molar refractivity (Wildman–Crippen MR) is 64.9 cm³/mol. The molecule has 2 N–H and O–H groups in total. The van der Waals surface area contributed by atoms with Crippen LogP contribution in [0.3, 0.4) is 0 Å². The molecule has 2 atom stereocenters. The van der Waals surface area contributed by atoms with Gasteiger partial charge in [-0.05, 0) is 25.3 Å². The Labute approximate surface area is 94.5 Å². The van der Waals surface area contributed by atoms with Crippen LogP contribution in [0.1, 0.15) is 53.4 Å². The van der Waals surface area contributed by atoms with Crippen LogP contribution >= 0.6 is 0 Å². The Hall–Kier alpha value is -0.0800. The Morgan fingerprint density at radius 1 is 1.33 bits per heavy atom. The Morgan fingerprint density at radius 3 is 2.47 bits per heavy atom. The lowest BCUT2D eigenvalue weighted by Crippen LogP contribution is -2.60. The molecule has 1 rings (SSSR count). The molecule has 2 unspecified atom stereocenters. The molecule has 1 fully saturated rings. The first-order chi connectivity index (χ1) is 6.94. The fraction of sp³-hybridized carbons (Fsp3) is 1.00. The van der Waals surface area contributed by atoms with E-state index in [9.17, 15) is 5.11 Å². The Morgan fingerprint density at radius 2 is 2.00 bits per heavy atom. The van der Waals surface area contributed by atoms with E-state index in [0.29, 0.717) is 6.04 Å². The van der Waals surface area contributed by atoms with Crippen molar-refractivity contribution in [3.8, 4) is 0 Å². The van der Waals surface area contributed by atoms with Gasteiger partial charge in [-0.3, -0.25) is 0 Å². The third-order valence-corrected chi connectivity index (χ3v) is 3.81. The zero-order valence-electron chi connectivity index (χ0n) is 10.7. The summed E-state index contributed by atoms with van der Waals surface area (Å²) in [7, 11) is 0. The second-order valence-electron chi connectivity index (χ2n) is 5.97. The molecule has 15 heavy (non-hydrogen) atoms. The summed E-state index contributed by atoms with van der Waals surface area (Å²) in [5.74, 6) is 0.826. The SMILES string of the molecule is CC(C)CCCCNC1CC(O)C1(C)C. The summed E-state index contributed by atoms with van der Waals surface area (Å²) >= 11 is 0. The van der Waals surface area contributed by atoms with Gasteiger partial charge in [-0.25, -0.2) is 0 Å². The second kappa shape index (κ2) is 5.31. The van der Waals surface area contributed by atoms with Crippen molar-refractivity contribution in [2.24, 2.45) is 11.3 Å². The highest BCUT2D eigenvalue weighted by Crippen LogP contribution is 2.40. The third kappa shape index (κ3) is 3.46. The van der Waals surface area contributed by atoms with Gasteiger partial charge in [0, 0.05) is 11.5 Å². The molecule has 0 radical (unpaired) electrons. The van der Waals surface area contributed by atoms with Gasteiger partial charge in [-0.2, -0.15) is 0 Å². The third-order valence-electron chi connectivity index (χ3n) is 3.81. The molecule has 0 aromatic rings. The highest BCUT2D eigenvalue weighted by Gasteiger charge is 2.46. The number of aliphatic hydroxyl groups is 1. The Kier molecular flexibility index (Phi) is 4.60. The molecule has 0 aromatic heterocycles. The lowest BCUT2D eigenvalue weighted by Gasteiger charge is -2.49. The van der Waals surface area contributed by atoms with Gasteiger partial charge in [0.2, 0.25) is 0 Å². The van der Waals surface area contributed by atoms with Gasteiger partial charge in [-0.15, -0.1) is 0 Å². The summed E-state index contributed by atoms with van der Waals surface area (Å²) in [5.41, 5.74) is 0.0814. The Balaban J connectivity index is 2.02. The van der Waals surface area contributed by atoms with E-state index in [4.69, 9.17) is 0 Å². The van der Waals surface area contributed by atoms with Crippen LogP contribution in [0, 0.1) is 11.3 Å². The first-order valence-electron chi connectivity index (χ1n) is 6.36. The quantitative estimate of drug-likeness (QED) is 0.665. The van der Waals surface area contributed by atoms with Crippen LogP contribution < -0.4 is 5.32 Å². The smallest absolute Gasteiger partial charge is 0.0621 e. The second-order valence-corrected chi connectivity index (χ2v) is 5.97. The summed E-state index contributed by atoms with van der Waals surface area (Å²) in [6, 6.07) is 0.520. The molecule has 2 heteroatoms. The van der Waals surface area contributed by atoms with Crippen LogP contribution in [-0.4, -0.2) is 23.8 Å². The molecular formula is C13H27NO. The van der Waals surface area contributed by atoms with Gasteiger partial charge in [0.05, 0.1) is 6.10 Å². The van der Waals surface area contributed by atoms with Gasteiger partial charge < -0.3 is 10.4 Å². The maximum absolute atomic E-state index is 9.58. The maximum atomic E-state index is 9.58. The fourth-order valence-electron chi connectivity index (χ4n) is 2.20. The number of hydrogen-bond donors (Lipinski definition) is 2. The van der Waals surface area contributed by atoms with Gasteiger partial charge >= 0.3 is 0 Å². The van der Waals surface area contributed by atoms with Gasteiger partial charge in [0.15, 0.2) is 0 Å². The molecule has 0 bridgehead atoms. The van der Waals surface area contributed by atoms with Gasteiger partial charge in [0.25, 0.3) is 0 Å². The fourth-order valence-corrected chi connectivity index (χ4v) is 2.20. The molecule has 1 aliphatic rings. The standard InChI is InChI=1S/C13H27NO/c1-10(2)7-5-6-8-14-11-9-12(15)13(11,3)4/h10-12,14-15H,5-9H2,1-4H3. The first kappa shape index (κ1) is 13.0. The molecule has 0 aliphatic heterocycles. The van der Waals surface area contributed by atoms with Crippen LogP contribution in [0.4, 0.5) is 0 Å². The average Bonchev–Trinajstić information content (AvgIpc) is 2.15. The normalized spacial score (nSPS) is 29.2. The van der Waals surface area contributed by atoms with Crippen molar-refractivity contribution < 1.29 is 5.11 Å². The molecular weight excluding hydrogens is 186 g/mol. The summed E-state index contributed by atoms with van der Waals surface area (Å²) in [4.78, 5) is 0. The maximum Gasteiger partial charge on any atom is 0.0621 e. The van der Waals surface area contributed by atoms with E-state index in [2.05, 4.69) is 33.0 Å². The van der Waals surface area contributed by atoms with E-state index in [0.717, 1.165) is 18.9 Å². The van der Waals surface area contributed by atoms with Crippen molar-refractivity contribution >= 4 is 0 Å². The van der Waals surface area contributed by atoms with E-state index >= 15 is 0 Å². The zero-order chi connectivity index (χ0) is 11.5. The van der Waals surface area contributed by atoms with Crippen molar-refractivity contribution in [1.29, 1.82) is 0 Å². The van der Waals surface area contributed by atoms with Gasteiger partial charge in [-0.1, -0.05) is 40.5 Å². The number of nitrogens with one attached hydrogen (secondary N) is 1. The summed E-state index contributed by atoms with van der Waals surface area (Å²) in [6.07, 6.45) is 4.74. The molecule has 1 saturated carbocycles. The van der Waals surface area contributed by atoms with Crippen molar-refractivity contribution in [1.82, 2.24) is 5.32 Å². The Bertz CT molecular complexity index is 189. The monoisotopic (exact) mass is 213 g/mol. The minimum absolute atomic E-state index is 0.0814. The van der Waals surface area contributed by atoms with Gasteiger partial charge in [0.1, 0.15) is 0 Å². The number of aliphatic hydroxyl groups excluding tert-OH is 1. The van der Waals surface area contributed by atoms with E-state index in [-0.39, 0.29) is 11.5 Å². The topological polar surface area (TPSA) is 32.3 Å². The molecule has 0 heterocycles. The zero-order valence-corrected chi connectivity index (χ0v) is 10.7.